The third-order valence-electron chi connectivity index (χ3n) is 5.70. The number of nitrogens with one attached hydrogen (secondary N) is 1. The van der Waals surface area contributed by atoms with E-state index in [1.165, 1.54) is 0 Å². The van der Waals surface area contributed by atoms with Gasteiger partial charge in [0.15, 0.2) is 5.43 Å². The highest BCUT2D eigenvalue weighted by molar-refractivity contribution is 5.95. The number of hydrogen-bond donors (Lipinski definition) is 1. The van der Waals surface area contributed by atoms with Gasteiger partial charge in [0.25, 0.3) is 0 Å². The molecule has 1 saturated heterocycles. The summed E-state index contributed by atoms with van der Waals surface area (Å²) in [5, 5.41) is 4.10. The molecule has 1 aliphatic heterocycles. The molecule has 0 atom stereocenters. The first-order chi connectivity index (χ1) is 15.7. The van der Waals surface area contributed by atoms with Crippen LogP contribution in [0.5, 0.6) is 0 Å². The van der Waals surface area contributed by atoms with E-state index in [1.54, 1.807) is 6.07 Å². The van der Waals surface area contributed by atoms with Crippen LogP contribution in [0.3, 0.4) is 0 Å². The van der Waals surface area contributed by atoms with E-state index in [2.05, 4.69) is 33.0 Å². The molecule has 2 aliphatic rings. The van der Waals surface area contributed by atoms with Gasteiger partial charge in [0.1, 0.15) is 11.6 Å². The number of benzene rings is 1. The molecule has 1 N–H and O–H groups in total. The Labute approximate surface area is 187 Å². The molecule has 1 fully saturated rings. The quantitative estimate of drug-likeness (QED) is 0.659. The summed E-state index contributed by atoms with van der Waals surface area (Å²) >= 11 is 0. The van der Waals surface area contributed by atoms with Crippen molar-refractivity contribution >= 4 is 33.9 Å². The topological polar surface area (TPSA) is 59.4 Å². The summed E-state index contributed by atoms with van der Waals surface area (Å²) in [5.74, 6) is 1.47. The fourth-order valence-corrected chi connectivity index (χ4v) is 4.22. The Hall–Kier alpha value is -3.64. The van der Waals surface area contributed by atoms with E-state index >= 15 is 0 Å². The van der Waals surface area contributed by atoms with E-state index in [4.69, 9.17) is 9.72 Å². The molecule has 0 radical (unpaired) electrons. The molecular formula is C26H26N4O2. The lowest BCUT2D eigenvalue weighted by molar-refractivity contribution is 0.122. The largest absolute Gasteiger partial charge is 0.378 e. The molecule has 1 aliphatic carbocycles. The fourth-order valence-electron chi connectivity index (χ4n) is 4.22. The van der Waals surface area contributed by atoms with Crippen LogP contribution in [0.2, 0.25) is 0 Å². The highest BCUT2D eigenvalue weighted by atomic mass is 16.5. The molecule has 0 bridgehead atoms. The molecule has 32 heavy (non-hydrogen) atoms. The van der Waals surface area contributed by atoms with Gasteiger partial charge in [-0.25, -0.2) is 4.98 Å². The highest BCUT2D eigenvalue weighted by Gasteiger charge is 2.21. The van der Waals surface area contributed by atoms with Crippen molar-refractivity contribution in [3.8, 4) is 0 Å². The van der Waals surface area contributed by atoms with Gasteiger partial charge in [0, 0.05) is 36.2 Å². The fraction of sp³-hybridized carbons (Fsp3) is 0.231. The molecule has 0 unspecified atom stereocenters. The predicted octanol–water partition coefficient (Wildman–Crippen LogP) is 4.64. The van der Waals surface area contributed by atoms with E-state index < -0.39 is 0 Å². The Balaban J connectivity index is 1.77. The number of anilines is 3. The highest BCUT2D eigenvalue weighted by Crippen LogP contribution is 2.31. The second kappa shape index (κ2) is 8.85. The third-order valence-corrected chi connectivity index (χ3v) is 5.70. The number of aromatic nitrogens is 2. The number of pyridine rings is 2. The number of ether oxygens (including phenoxy) is 1. The summed E-state index contributed by atoms with van der Waals surface area (Å²) in [6.07, 6.45) is 11.3. The van der Waals surface area contributed by atoms with Crippen LogP contribution < -0.4 is 15.6 Å². The monoisotopic (exact) mass is 426 g/mol. The number of rotatable bonds is 4. The SMILES string of the molecule is Cc1cc2c(c(N3CCOCC3)n1)c(=O)cc(Nc1ccccc1)n2C1=CCC=CC=C1. The maximum absolute atomic E-state index is 13.5. The maximum Gasteiger partial charge on any atom is 0.195 e. The predicted molar refractivity (Wildman–Crippen MR) is 131 cm³/mol. The smallest absolute Gasteiger partial charge is 0.195 e. The van der Waals surface area contributed by atoms with Gasteiger partial charge < -0.3 is 15.0 Å². The van der Waals surface area contributed by atoms with Crippen LogP contribution >= 0.6 is 0 Å². The van der Waals surface area contributed by atoms with Crippen LogP contribution in [0.15, 0.2) is 77.6 Å². The second-order valence-electron chi connectivity index (χ2n) is 7.95. The number of fused-ring (bicyclic) bond motifs is 1. The second-order valence-corrected chi connectivity index (χ2v) is 7.95. The lowest BCUT2D eigenvalue weighted by atomic mass is 10.1. The standard InChI is InChI=1S/C26H26N4O2/c1-19-17-22-25(26(27-19)29-13-15-32-16-14-29)23(31)18-24(28-20-9-5-4-6-10-20)30(22)21-11-7-2-3-8-12-21/h2-7,9-12,17-18,28H,8,13-16H2,1H3. The summed E-state index contributed by atoms with van der Waals surface area (Å²) < 4.78 is 7.65. The Kier molecular flexibility index (Phi) is 5.60. The first-order valence-corrected chi connectivity index (χ1v) is 11.0. The van der Waals surface area contributed by atoms with Crippen LogP contribution in [0.25, 0.3) is 16.6 Å². The summed E-state index contributed by atoms with van der Waals surface area (Å²) in [6, 6.07) is 13.6. The van der Waals surface area contributed by atoms with Crippen LogP contribution in [0.4, 0.5) is 17.3 Å². The van der Waals surface area contributed by atoms with Crippen LogP contribution in [-0.4, -0.2) is 35.9 Å². The van der Waals surface area contributed by atoms with Crippen molar-refractivity contribution in [1.82, 2.24) is 9.55 Å². The zero-order chi connectivity index (χ0) is 21.9. The van der Waals surface area contributed by atoms with Gasteiger partial charge in [-0.3, -0.25) is 9.36 Å². The number of hydrogen-bond acceptors (Lipinski definition) is 5. The zero-order valence-electron chi connectivity index (χ0n) is 18.1. The number of morpholine rings is 1. The van der Waals surface area contributed by atoms with Gasteiger partial charge in [-0.15, -0.1) is 0 Å². The molecule has 3 heterocycles. The van der Waals surface area contributed by atoms with Gasteiger partial charge >= 0.3 is 0 Å². The first-order valence-electron chi connectivity index (χ1n) is 11.0. The summed E-state index contributed by atoms with van der Waals surface area (Å²) in [4.78, 5) is 20.4. The van der Waals surface area contributed by atoms with Crippen molar-refractivity contribution in [1.29, 1.82) is 0 Å². The first kappa shape index (κ1) is 20.3. The van der Waals surface area contributed by atoms with Crippen molar-refractivity contribution in [3.63, 3.8) is 0 Å². The molecule has 0 saturated carbocycles. The van der Waals surface area contributed by atoms with Gasteiger partial charge in [0.05, 0.1) is 24.1 Å². The Bertz CT molecular complexity index is 1280. The lowest BCUT2D eigenvalue weighted by Crippen LogP contribution is -2.37. The summed E-state index contributed by atoms with van der Waals surface area (Å²) in [7, 11) is 0. The molecule has 0 spiro atoms. The van der Waals surface area contributed by atoms with E-state index in [0.717, 1.165) is 53.7 Å². The minimum absolute atomic E-state index is 0.0417. The number of nitrogens with zero attached hydrogens (tertiary/aromatic N) is 3. The van der Waals surface area contributed by atoms with Crippen molar-refractivity contribution in [2.24, 2.45) is 0 Å². The van der Waals surface area contributed by atoms with Crippen molar-refractivity contribution in [2.75, 3.05) is 36.5 Å². The number of aryl methyl sites for hydroxylation is 1. The minimum atomic E-state index is -0.0417. The molecule has 5 rings (SSSR count). The molecule has 6 heteroatoms. The molecule has 2 aromatic heterocycles. The van der Waals surface area contributed by atoms with E-state index in [-0.39, 0.29) is 5.43 Å². The molecule has 1 aromatic carbocycles. The summed E-state index contributed by atoms with van der Waals surface area (Å²) in [6.45, 7) is 4.70. The normalized spacial score (nSPS) is 16.2. The molecule has 3 aromatic rings. The Morgan fingerprint density at radius 2 is 1.88 bits per heavy atom. The van der Waals surface area contributed by atoms with Crippen molar-refractivity contribution in [3.05, 3.63) is 88.8 Å². The maximum atomic E-state index is 13.5. The number of para-hydroxylation sites is 1. The van der Waals surface area contributed by atoms with Crippen molar-refractivity contribution < 1.29 is 4.74 Å². The average molecular weight is 427 g/mol. The lowest BCUT2D eigenvalue weighted by Gasteiger charge is -2.29. The molecule has 6 nitrogen and oxygen atoms in total. The number of allylic oxidation sites excluding steroid dienone is 6. The Morgan fingerprint density at radius 1 is 1.06 bits per heavy atom. The molecular weight excluding hydrogens is 400 g/mol. The van der Waals surface area contributed by atoms with Gasteiger partial charge in [-0.05, 0) is 37.6 Å². The van der Waals surface area contributed by atoms with Gasteiger partial charge in [-0.2, -0.15) is 0 Å². The van der Waals surface area contributed by atoms with Gasteiger partial charge in [-0.1, -0.05) is 42.5 Å². The van der Waals surface area contributed by atoms with E-state index in [0.29, 0.717) is 18.6 Å². The van der Waals surface area contributed by atoms with Crippen LogP contribution in [0, 0.1) is 6.92 Å². The van der Waals surface area contributed by atoms with Crippen LogP contribution in [0.1, 0.15) is 12.1 Å². The minimum Gasteiger partial charge on any atom is -0.378 e. The third kappa shape index (κ3) is 3.97. The zero-order valence-corrected chi connectivity index (χ0v) is 18.1. The van der Waals surface area contributed by atoms with Crippen LogP contribution in [-0.2, 0) is 4.74 Å². The molecule has 162 valence electrons. The van der Waals surface area contributed by atoms with Gasteiger partial charge in [0.2, 0.25) is 0 Å². The van der Waals surface area contributed by atoms with Crippen molar-refractivity contribution in [2.45, 2.75) is 13.3 Å². The van der Waals surface area contributed by atoms with E-state index in [9.17, 15) is 4.79 Å². The Morgan fingerprint density at radius 3 is 2.69 bits per heavy atom. The summed E-state index contributed by atoms with van der Waals surface area (Å²) in [5.41, 5.74) is 3.62. The molecule has 0 amide bonds. The average Bonchev–Trinajstić information content (AvgIpc) is 3.09. The van der Waals surface area contributed by atoms with E-state index in [1.807, 2.05) is 55.5 Å².